The highest BCUT2D eigenvalue weighted by atomic mass is 16.5. The van der Waals surface area contributed by atoms with Crippen molar-refractivity contribution in [2.75, 3.05) is 0 Å². The first-order valence-corrected chi connectivity index (χ1v) is 8.81. The summed E-state index contributed by atoms with van der Waals surface area (Å²) in [5, 5.41) is 50.3. The van der Waals surface area contributed by atoms with Gasteiger partial charge < -0.3 is 30.3 Å². The summed E-state index contributed by atoms with van der Waals surface area (Å²) in [4.78, 5) is 0. The van der Waals surface area contributed by atoms with Gasteiger partial charge in [0.15, 0.2) is 17.1 Å². The lowest BCUT2D eigenvalue weighted by molar-refractivity contribution is -0.0798. The van der Waals surface area contributed by atoms with Gasteiger partial charge in [-0.05, 0) is 25.0 Å². The Kier molecular flexibility index (Phi) is 4.87. The molecule has 2 unspecified atom stereocenters. The van der Waals surface area contributed by atoms with Gasteiger partial charge in [-0.2, -0.15) is 0 Å². The number of hydrogen-bond donors (Lipinski definition) is 5. The fourth-order valence-electron chi connectivity index (χ4n) is 3.57. The van der Waals surface area contributed by atoms with Crippen LogP contribution in [0.3, 0.4) is 0 Å². The number of rotatable bonds is 5. The van der Waals surface area contributed by atoms with E-state index in [0.717, 1.165) is 19.3 Å². The minimum Gasteiger partial charge on any atom is -0.508 e. The van der Waals surface area contributed by atoms with Crippen molar-refractivity contribution in [2.45, 2.75) is 50.7 Å². The second-order valence-electron chi connectivity index (χ2n) is 6.81. The normalized spacial score (nSPS) is 21.8. The highest BCUT2D eigenvalue weighted by Gasteiger charge is 2.46. The van der Waals surface area contributed by atoms with Crippen LogP contribution in [0.15, 0.2) is 30.3 Å². The molecule has 0 saturated carbocycles. The molecule has 1 aliphatic rings. The molecule has 2 aromatic rings. The van der Waals surface area contributed by atoms with E-state index in [9.17, 15) is 25.5 Å². The Morgan fingerprint density at radius 2 is 1.77 bits per heavy atom. The number of fused-ring (bicyclic) bond motifs is 1. The van der Waals surface area contributed by atoms with Crippen LogP contribution in [0.2, 0.25) is 0 Å². The molecule has 0 spiro atoms. The van der Waals surface area contributed by atoms with E-state index in [-0.39, 0.29) is 29.4 Å². The molecular weight excluding hydrogens is 336 g/mol. The second kappa shape index (κ2) is 6.96. The smallest absolute Gasteiger partial charge is 0.160 e. The first-order valence-electron chi connectivity index (χ1n) is 8.81. The lowest BCUT2D eigenvalue weighted by Gasteiger charge is -2.43. The molecule has 3 rings (SSSR count). The lowest BCUT2D eigenvalue weighted by Crippen LogP contribution is -2.48. The number of phenolic OH excluding ortho intramolecular Hbond substituents is 4. The van der Waals surface area contributed by atoms with Gasteiger partial charge in [0.1, 0.15) is 23.4 Å². The van der Waals surface area contributed by atoms with Crippen LogP contribution in [0.5, 0.6) is 28.7 Å². The predicted molar refractivity (Wildman–Crippen MR) is 95.7 cm³/mol. The molecule has 0 aliphatic carbocycles. The van der Waals surface area contributed by atoms with Crippen molar-refractivity contribution in [3.05, 3.63) is 41.5 Å². The number of phenols is 4. The quantitative estimate of drug-likeness (QED) is 0.413. The summed E-state index contributed by atoms with van der Waals surface area (Å²) in [5.74, 6) is -0.503. The van der Waals surface area contributed by atoms with Crippen molar-refractivity contribution < 1.29 is 30.3 Å². The Labute approximate surface area is 151 Å². The van der Waals surface area contributed by atoms with Crippen molar-refractivity contribution in [2.24, 2.45) is 0 Å². The molecule has 2 aromatic carbocycles. The van der Waals surface area contributed by atoms with E-state index in [1.165, 1.54) is 24.3 Å². The Bertz CT molecular complexity index is 803. The maximum atomic E-state index is 10.9. The molecule has 0 aromatic heterocycles. The van der Waals surface area contributed by atoms with Gasteiger partial charge in [0.05, 0.1) is 0 Å². The number of aliphatic hydroxyl groups is 1. The summed E-state index contributed by atoms with van der Waals surface area (Å²) < 4.78 is 6.16. The number of ether oxygens (including phenoxy) is 1. The maximum Gasteiger partial charge on any atom is 0.160 e. The van der Waals surface area contributed by atoms with Crippen molar-refractivity contribution in [3.63, 3.8) is 0 Å². The predicted octanol–water partition coefficient (Wildman–Crippen LogP) is 3.28. The van der Waals surface area contributed by atoms with Crippen molar-refractivity contribution in [1.82, 2.24) is 0 Å². The third-order valence-electron chi connectivity index (χ3n) is 5.01. The SMILES string of the molecule is CCCCCC1(c2ccc(O)c(O)c2)Oc2cc(O)cc(O)c2CC1O. The van der Waals surface area contributed by atoms with Gasteiger partial charge >= 0.3 is 0 Å². The number of aliphatic hydroxyl groups excluding tert-OH is 1. The highest BCUT2D eigenvalue weighted by Crippen LogP contribution is 2.48. The van der Waals surface area contributed by atoms with E-state index >= 15 is 0 Å². The summed E-state index contributed by atoms with van der Waals surface area (Å²) in [7, 11) is 0. The summed E-state index contributed by atoms with van der Waals surface area (Å²) in [5.41, 5.74) is -0.178. The van der Waals surface area contributed by atoms with Crippen molar-refractivity contribution in [1.29, 1.82) is 0 Å². The molecular formula is C20H24O6. The van der Waals surface area contributed by atoms with E-state index in [2.05, 4.69) is 6.92 Å². The number of hydrogen-bond acceptors (Lipinski definition) is 6. The van der Waals surface area contributed by atoms with Crippen LogP contribution < -0.4 is 4.74 Å². The third kappa shape index (κ3) is 3.12. The second-order valence-corrected chi connectivity index (χ2v) is 6.81. The molecule has 1 heterocycles. The summed E-state index contributed by atoms with van der Waals surface area (Å²) in [6.07, 6.45) is 2.39. The fraction of sp³-hybridized carbons (Fsp3) is 0.400. The average Bonchev–Trinajstić information content (AvgIpc) is 2.59. The van der Waals surface area contributed by atoms with E-state index < -0.39 is 11.7 Å². The van der Waals surface area contributed by atoms with Gasteiger partial charge in [0, 0.05) is 29.7 Å². The standard InChI is InChI=1S/C20H24O6/c1-2-3-4-7-20(12-5-6-15(22)17(24)8-12)19(25)11-14-16(23)9-13(21)10-18(14)26-20/h5-6,8-10,19,21-25H,2-4,7,11H2,1H3. The van der Waals surface area contributed by atoms with E-state index in [0.29, 0.717) is 23.3 Å². The van der Waals surface area contributed by atoms with Gasteiger partial charge in [-0.1, -0.05) is 25.8 Å². The molecule has 0 amide bonds. The zero-order valence-corrected chi connectivity index (χ0v) is 14.6. The highest BCUT2D eigenvalue weighted by molar-refractivity contribution is 5.53. The van der Waals surface area contributed by atoms with Crippen LogP contribution in [0.25, 0.3) is 0 Å². The molecule has 6 heteroatoms. The van der Waals surface area contributed by atoms with E-state index in [4.69, 9.17) is 4.74 Å². The van der Waals surface area contributed by atoms with E-state index in [1.54, 1.807) is 6.07 Å². The van der Waals surface area contributed by atoms with Gasteiger partial charge in [0.25, 0.3) is 0 Å². The number of benzene rings is 2. The van der Waals surface area contributed by atoms with Crippen molar-refractivity contribution in [3.8, 4) is 28.7 Å². The Balaban J connectivity index is 2.09. The molecule has 5 N–H and O–H groups in total. The fourth-order valence-corrected chi connectivity index (χ4v) is 3.57. The molecule has 140 valence electrons. The van der Waals surface area contributed by atoms with Crippen LogP contribution in [-0.4, -0.2) is 31.6 Å². The van der Waals surface area contributed by atoms with Gasteiger partial charge in [-0.15, -0.1) is 0 Å². The molecule has 0 bridgehead atoms. The summed E-state index contributed by atoms with van der Waals surface area (Å²) >= 11 is 0. The van der Waals surface area contributed by atoms with Gasteiger partial charge in [0.2, 0.25) is 0 Å². The monoisotopic (exact) mass is 360 g/mol. The maximum absolute atomic E-state index is 10.9. The Morgan fingerprint density at radius 1 is 1.00 bits per heavy atom. The largest absolute Gasteiger partial charge is 0.508 e. The van der Waals surface area contributed by atoms with E-state index in [1.807, 2.05) is 0 Å². The van der Waals surface area contributed by atoms with Gasteiger partial charge in [-0.25, -0.2) is 0 Å². The van der Waals surface area contributed by atoms with Crippen LogP contribution in [0.4, 0.5) is 0 Å². The topological polar surface area (TPSA) is 110 Å². The molecule has 26 heavy (non-hydrogen) atoms. The molecule has 1 aliphatic heterocycles. The minimum absolute atomic E-state index is 0.130. The summed E-state index contributed by atoms with van der Waals surface area (Å²) in [6.45, 7) is 2.07. The molecule has 6 nitrogen and oxygen atoms in total. The lowest BCUT2D eigenvalue weighted by atomic mass is 9.78. The first kappa shape index (κ1) is 18.2. The van der Waals surface area contributed by atoms with Crippen LogP contribution in [-0.2, 0) is 12.0 Å². The first-order chi connectivity index (χ1) is 12.4. The average molecular weight is 360 g/mol. The molecule has 2 atom stereocenters. The van der Waals surface area contributed by atoms with Crippen LogP contribution in [0.1, 0.15) is 43.7 Å². The zero-order valence-electron chi connectivity index (χ0n) is 14.6. The molecule has 0 radical (unpaired) electrons. The zero-order chi connectivity index (χ0) is 18.9. The number of unbranched alkanes of at least 4 members (excludes halogenated alkanes) is 2. The van der Waals surface area contributed by atoms with Crippen molar-refractivity contribution >= 4 is 0 Å². The summed E-state index contributed by atoms with van der Waals surface area (Å²) in [6, 6.07) is 6.98. The molecule has 0 fully saturated rings. The minimum atomic E-state index is -1.15. The Morgan fingerprint density at radius 3 is 2.46 bits per heavy atom. The Hall–Kier alpha value is -2.60. The van der Waals surface area contributed by atoms with Crippen LogP contribution in [0, 0.1) is 0 Å². The van der Waals surface area contributed by atoms with Gasteiger partial charge in [-0.3, -0.25) is 0 Å². The number of aromatic hydroxyl groups is 4. The molecule has 0 saturated heterocycles. The van der Waals surface area contributed by atoms with Crippen LogP contribution >= 0.6 is 0 Å². The third-order valence-corrected chi connectivity index (χ3v) is 5.01.